The molecular weight excluding hydrogens is 374 g/mol. The number of pyridine rings is 1. The molecule has 0 aliphatic heterocycles. The summed E-state index contributed by atoms with van der Waals surface area (Å²) >= 11 is 0. The first-order chi connectivity index (χ1) is 13.6. The minimum absolute atomic E-state index is 0.298. The van der Waals surface area contributed by atoms with Crippen LogP contribution < -0.4 is 0 Å². The first kappa shape index (κ1) is 16.9. The lowest BCUT2D eigenvalue weighted by Crippen LogP contribution is -2.17. The fourth-order valence-corrected chi connectivity index (χ4v) is 4.54. The van der Waals surface area contributed by atoms with Crippen LogP contribution in [0.1, 0.15) is 12.8 Å². The van der Waals surface area contributed by atoms with Crippen molar-refractivity contribution < 1.29 is 8.42 Å². The molecule has 0 radical (unpaired) electrons. The lowest BCUT2D eigenvalue weighted by Gasteiger charge is -2.02. The molecule has 3 heterocycles. The Bertz CT molecular complexity index is 1240. The number of rotatable bonds is 5. The van der Waals surface area contributed by atoms with Gasteiger partial charge in [-0.15, -0.1) is 0 Å². The molecule has 0 bridgehead atoms. The van der Waals surface area contributed by atoms with Gasteiger partial charge in [-0.1, -0.05) is 30.3 Å². The van der Waals surface area contributed by atoms with E-state index in [4.69, 9.17) is 0 Å². The third-order valence-corrected chi connectivity index (χ3v) is 6.80. The lowest BCUT2D eigenvalue weighted by molar-refractivity contribution is 0.578. The summed E-state index contributed by atoms with van der Waals surface area (Å²) < 4.78 is 25.8. The maximum Gasteiger partial charge on any atom is 0.256 e. The lowest BCUT2D eigenvalue weighted by atomic mass is 10.1. The Hall–Kier alpha value is -3.26. The summed E-state index contributed by atoms with van der Waals surface area (Å²) in [5, 5.41) is 3.76. The van der Waals surface area contributed by atoms with E-state index >= 15 is 0 Å². The number of nitrogens with zero attached hydrogens (tertiary/aromatic N) is 4. The predicted molar refractivity (Wildman–Crippen MR) is 106 cm³/mol. The van der Waals surface area contributed by atoms with Crippen LogP contribution in [-0.2, 0) is 10.0 Å². The van der Waals surface area contributed by atoms with Gasteiger partial charge in [0, 0.05) is 11.8 Å². The second-order valence-corrected chi connectivity index (χ2v) is 8.86. The van der Waals surface area contributed by atoms with Crippen molar-refractivity contribution in [3.05, 3.63) is 67.3 Å². The van der Waals surface area contributed by atoms with Crippen LogP contribution >= 0.6 is 0 Å². The second-order valence-electron chi connectivity index (χ2n) is 6.79. The highest BCUT2D eigenvalue weighted by atomic mass is 32.2. The molecule has 0 saturated heterocycles. The number of hydrogen-bond acceptors (Lipinski definition) is 5. The molecule has 3 aromatic heterocycles. The average molecular weight is 391 g/mol. The van der Waals surface area contributed by atoms with Gasteiger partial charge in [0.15, 0.2) is 5.82 Å². The highest BCUT2D eigenvalue weighted by Gasteiger charge is 2.37. The van der Waals surface area contributed by atoms with E-state index < -0.39 is 10.0 Å². The van der Waals surface area contributed by atoms with Gasteiger partial charge in [-0.25, -0.2) is 13.4 Å². The highest BCUT2D eigenvalue weighted by molar-refractivity contribution is 7.90. The van der Waals surface area contributed by atoms with Gasteiger partial charge < -0.3 is 4.98 Å². The quantitative estimate of drug-likeness (QED) is 0.563. The van der Waals surface area contributed by atoms with Crippen LogP contribution in [0.25, 0.3) is 33.9 Å². The van der Waals surface area contributed by atoms with E-state index in [0.717, 1.165) is 26.5 Å². The van der Waals surface area contributed by atoms with Crippen molar-refractivity contribution in [3.63, 3.8) is 0 Å². The Balaban J connectivity index is 1.46. The average Bonchev–Trinajstić information content (AvgIpc) is 3.28. The van der Waals surface area contributed by atoms with Gasteiger partial charge in [-0.3, -0.25) is 4.98 Å². The number of nitrogens with one attached hydrogen (secondary N) is 1. The van der Waals surface area contributed by atoms with E-state index in [0.29, 0.717) is 24.4 Å². The van der Waals surface area contributed by atoms with Gasteiger partial charge in [-0.05, 0) is 36.1 Å². The van der Waals surface area contributed by atoms with Crippen molar-refractivity contribution in [2.45, 2.75) is 18.1 Å². The number of imidazole rings is 1. The van der Waals surface area contributed by atoms with Crippen LogP contribution in [-0.4, -0.2) is 37.8 Å². The maximum atomic E-state index is 12.3. The third-order valence-electron chi connectivity index (χ3n) is 4.76. The Morgan fingerprint density at radius 3 is 2.57 bits per heavy atom. The zero-order chi connectivity index (χ0) is 19.1. The molecule has 0 spiro atoms. The summed E-state index contributed by atoms with van der Waals surface area (Å²) in [5.41, 5.74) is 4.19. The van der Waals surface area contributed by atoms with E-state index in [1.54, 1.807) is 24.8 Å². The van der Waals surface area contributed by atoms with Crippen molar-refractivity contribution in [1.82, 2.24) is 24.1 Å². The minimum atomic E-state index is -3.37. The van der Waals surface area contributed by atoms with Crippen molar-refractivity contribution in [1.29, 1.82) is 0 Å². The van der Waals surface area contributed by atoms with Crippen LogP contribution in [0, 0.1) is 0 Å². The monoisotopic (exact) mass is 391 g/mol. The van der Waals surface area contributed by atoms with E-state index in [-0.39, 0.29) is 5.25 Å². The van der Waals surface area contributed by atoms with Crippen LogP contribution in [0.4, 0.5) is 0 Å². The number of benzene rings is 1. The summed E-state index contributed by atoms with van der Waals surface area (Å²) in [5.74, 6) is 0.652. The molecule has 1 saturated carbocycles. The standard InChI is InChI=1S/C20H17N5O2S/c26-28(27,17-6-7-17)25-13-16(11-23-25)15-8-9-21-18(10-15)20-22-12-19(24-20)14-4-2-1-3-5-14/h1-5,8-13,17H,6-7H2,(H,22,24). The van der Waals surface area contributed by atoms with Gasteiger partial charge in [0.25, 0.3) is 10.0 Å². The molecule has 0 atom stereocenters. The van der Waals surface area contributed by atoms with Crippen LogP contribution in [0.15, 0.2) is 67.3 Å². The van der Waals surface area contributed by atoms with Crippen LogP contribution in [0.2, 0.25) is 0 Å². The normalized spacial score (nSPS) is 14.3. The first-order valence-corrected chi connectivity index (χ1v) is 10.5. The van der Waals surface area contributed by atoms with Gasteiger partial charge >= 0.3 is 0 Å². The number of aromatic amines is 1. The number of aromatic nitrogens is 5. The molecule has 1 fully saturated rings. The molecule has 8 heteroatoms. The van der Waals surface area contributed by atoms with Crippen molar-refractivity contribution in [2.75, 3.05) is 0 Å². The van der Waals surface area contributed by atoms with E-state index in [2.05, 4.69) is 20.1 Å². The van der Waals surface area contributed by atoms with E-state index in [9.17, 15) is 8.42 Å². The molecule has 1 N–H and O–H groups in total. The first-order valence-electron chi connectivity index (χ1n) is 8.97. The zero-order valence-electron chi connectivity index (χ0n) is 14.9. The molecule has 4 aromatic rings. The Morgan fingerprint density at radius 2 is 1.79 bits per heavy atom. The molecule has 28 heavy (non-hydrogen) atoms. The molecule has 1 aliphatic rings. The number of H-pyrrole nitrogens is 1. The summed E-state index contributed by atoms with van der Waals surface area (Å²) in [6.07, 6.45) is 8.00. The zero-order valence-corrected chi connectivity index (χ0v) is 15.7. The van der Waals surface area contributed by atoms with Gasteiger partial charge in [0.2, 0.25) is 0 Å². The molecule has 140 valence electrons. The summed E-state index contributed by atoms with van der Waals surface area (Å²) in [7, 11) is -3.37. The molecular formula is C20H17N5O2S. The summed E-state index contributed by atoms with van der Waals surface area (Å²) in [6.45, 7) is 0. The van der Waals surface area contributed by atoms with Gasteiger partial charge in [-0.2, -0.15) is 9.19 Å². The molecule has 7 nitrogen and oxygen atoms in total. The van der Waals surface area contributed by atoms with Crippen molar-refractivity contribution in [2.24, 2.45) is 0 Å². The molecule has 0 amide bonds. The van der Waals surface area contributed by atoms with Gasteiger partial charge in [0.05, 0.1) is 29.5 Å². The predicted octanol–water partition coefficient (Wildman–Crippen LogP) is 3.34. The van der Waals surface area contributed by atoms with Crippen LogP contribution in [0.3, 0.4) is 0 Å². The fourth-order valence-electron chi connectivity index (χ4n) is 3.07. The van der Waals surface area contributed by atoms with Crippen molar-refractivity contribution >= 4 is 10.0 Å². The molecule has 5 rings (SSSR count). The Labute approximate surface area is 162 Å². The minimum Gasteiger partial charge on any atom is -0.337 e. The number of hydrogen-bond donors (Lipinski definition) is 1. The summed E-state index contributed by atoms with van der Waals surface area (Å²) in [6, 6.07) is 13.6. The Kier molecular flexibility index (Phi) is 3.87. The Morgan fingerprint density at radius 1 is 0.964 bits per heavy atom. The smallest absolute Gasteiger partial charge is 0.256 e. The van der Waals surface area contributed by atoms with E-state index in [1.807, 2.05) is 42.5 Å². The second kappa shape index (κ2) is 6.42. The summed E-state index contributed by atoms with van der Waals surface area (Å²) in [4.78, 5) is 12.1. The molecule has 1 aliphatic carbocycles. The maximum absolute atomic E-state index is 12.3. The largest absolute Gasteiger partial charge is 0.337 e. The van der Waals surface area contributed by atoms with E-state index in [1.165, 1.54) is 0 Å². The SMILES string of the molecule is O=S(=O)(C1CC1)n1cc(-c2ccnc(-c3ncc(-c4ccccc4)[nH]3)c2)cn1. The fraction of sp³-hybridized carbons (Fsp3) is 0.150. The van der Waals surface area contributed by atoms with Gasteiger partial charge in [0.1, 0.15) is 5.69 Å². The van der Waals surface area contributed by atoms with Crippen molar-refractivity contribution in [3.8, 4) is 33.9 Å². The highest BCUT2D eigenvalue weighted by Crippen LogP contribution is 2.31. The third kappa shape index (κ3) is 3.01. The topological polar surface area (TPSA) is 93.5 Å². The molecule has 1 aromatic carbocycles. The molecule has 0 unspecified atom stereocenters. The van der Waals surface area contributed by atoms with Crippen LogP contribution in [0.5, 0.6) is 0 Å².